The Morgan fingerprint density at radius 3 is 2.68 bits per heavy atom. The van der Waals surface area contributed by atoms with Crippen molar-refractivity contribution in [3.63, 3.8) is 0 Å². The first-order valence-electron chi connectivity index (χ1n) is 8.71. The molecule has 0 bridgehead atoms. The van der Waals surface area contributed by atoms with Gasteiger partial charge in [0.1, 0.15) is 11.3 Å². The molecule has 1 heterocycles. The standard InChI is InChI=1S/C18H16ClF3N6O3/c1-28(18(29)30)5-4-23-17-25-14-9(7-12(21)13(22)15(14)26-17)16(27-31)24-8-2-3-11(20)10(19)6-8/h2-3,6-7,31H,4-5H2,1H3,(H,24,27)(H,29,30)(H2,23,25,26). The van der Waals surface area contributed by atoms with E-state index < -0.39 is 23.5 Å². The third kappa shape index (κ3) is 4.74. The molecule has 0 spiro atoms. The van der Waals surface area contributed by atoms with Crippen LogP contribution in [0.25, 0.3) is 11.0 Å². The summed E-state index contributed by atoms with van der Waals surface area (Å²) in [5, 5.41) is 26.6. The van der Waals surface area contributed by atoms with E-state index in [4.69, 9.17) is 16.7 Å². The zero-order valence-electron chi connectivity index (χ0n) is 15.9. The number of imidazole rings is 1. The van der Waals surface area contributed by atoms with Gasteiger partial charge in [0.25, 0.3) is 0 Å². The van der Waals surface area contributed by atoms with E-state index in [1.54, 1.807) is 0 Å². The maximum absolute atomic E-state index is 14.3. The molecular weight excluding hydrogens is 441 g/mol. The number of carboxylic acid groups (broad SMARTS) is 1. The second-order valence-electron chi connectivity index (χ2n) is 6.36. The van der Waals surface area contributed by atoms with Crippen LogP contribution in [0.5, 0.6) is 0 Å². The lowest BCUT2D eigenvalue weighted by Gasteiger charge is -2.12. The fraction of sp³-hybridized carbons (Fsp3) is 0.167. The maximum atomic E-state index is 14.3. The van der Waals surface area contributed by atoms with Crippen LogP contribution in [-0.2, 0) is 0 Å². The van der Waals surface area contributed by atoms with Gasteiger partial charge in [0.05, 0.1) is 10.5 Å². The molecule has 0 saturated heterocycles. The van der Waals surface area contributed by atoms with Crippen molar-refractivity contribution < 1.29 is 28.3 Å². The lowest BCUT2D eigenvalue weighted by molar-refractivity contribution is 0.157. The number of anilines is 2. The van der Waals surface area contributed by atoms with Crippen molar-refractivity contribution in [2.24, 2.45) is 5.16 Å². The van der Waals surface area contributed by atoms with E-state index in [-0.39, 0.29) is 52.2 Å². The quantitative estimate of drug-likeness (QED) is 0.166. The molecule has 9 nitrogen and oxygen atoms in total. The number of rotatable bonds is 6. The normalized spacial score (nSPS) is 11.6. The molecule has 0 unspecified atom stereocenters. The van der Waals surface area contributed by atoms with Gasteiger partial charge in [0.15, 0.2) is 17.5 Å². The predicted octanol–water partition coefficient (Wildman–Crippen LogP) is 3.90. The smallest absolute Gasteiger partial charge is 0.407 e. The van der Waals surface area contributed by atoms with Gasteiger partial charge in [-0.2, -0.15) is 0 Å². The summed E-state index contributed by atoms with van der Waals surface area (Å²) in [5.41, 5.74) is -0.211. The van der Waals surface area contributed by atoms with Crippen LogP contribution in [0.2, 0.25) is 5.02 Å². The molecule has 3 rings (SSSR count). The SMILES string of the molecule is CN(CCNc1nc2c(F)c(F)cc(/C(=N\O)Nc3ccc(F)c(Cl)c3)c2[nH]1)C(=O)O. The number of hydrogen-bond donors (Lipinski definition) is 5. The molecule has 5 N–H and O–H groups in total. The van der Waals surface area contributed by atoms with Gasteiger partial charge in [-0.3, -0.25) is 0 Å². The number of aromatic amines is 1. The Labute approximate surface area is 178 Å². The van der Waals surface area contributed by atoms with Crippen LogP contribution < -0.4 is 10.6 Å². The number of benzene rings is 2. The summed E-state index contributed by atoms with van der Waals surface area (Å²) in [5.74, 6) is -3.38. The number of fused-ring (bicyclic) bond motifs is 1. The lowest BCUT2D eigenvalue weighted by atomic mass is 10.1. The molecule has 164 valence electrons. The first-order valence-corrected chi connectivity index (χ1v) is 9.09. The van der Waals surface area contributed by atoms with E-state index in [1.165, 1.54) is 19.2 Å². The van der Waals surface area contributed by atoms with Crippen molar-refractivity contribution in [2.45, 2.75) is 0 Å². The number of amides is 1. The summed E-state index contributed by atoms with van der Waals surface area (Å²) in [7, 11) is 1.37. The molecule has 0 saturated carbocycles. The zero-order valence-corrected chi connectivity index (χ0v) is 16.6. The molecular formula is C18H16ClF3N6O3. The van der Waals surface area contributed by atoms with Gasteiger partial charge in [-0.15, -0.1) is 0 Å². The van der Waals surface area contributed by atoms with Crippen LogP contribution in [-0.4, -0.2) is 57.2 Å². The molecule has 31 heavy (non-hydrogen) atoms. The minimum Gasteiger partial charge on any atom is -0.465 e. The highest BCUT2D eigenvalue weighted by Gasteiger charge is 2.21. The molecule has 3 aromatic rings. The second kappa shape index (κ2) is 9.00. The highest BCUT2D eigenvalue weighted by Crippen LogP contribution is 2.26. The van der Waals surface area contributed by atoms with Gasteiger partial charge >= 0.3 is 6.09 Å². The van der Waals surface area contributed by atoms with Crippen molar-refractivity contribution in [3.8, 4) is 0 Å². The largest absolute Gasteiger partial charge is 0.465 e. The Hall–Kier alpha value is -3.67. The molecule has 0 atom stereocenters. The number of nitrogens with zero attached hydrogens (tertiary/aromatic N) is 3. The van der Waals surface area contributed by atoms with Gasteiger partial charge in [0.2, 0.25) is 5.95 Å². The number of hydrogen-bond acceptors (Lipinski definition) is 5. The first-order chi connectivity index (χ1) is 14.7. The van der Waals surface area contributed by atoms with Crippen molar-refractivity contribution in [1.82, 2.24) is 14.9 Å². The average Bonchev–Trinajstić information content (AvgIpc) is 3.16. The summed E-state index contributed by atoms with van der Waals surface area (Å²) in [4.78, 5) is 18.5. The van der Waals surface area contributed by atoms with Gasteiger partial charge in [-0.05, 0) is 24.3 Å². The molecule has 0 fully saturated rings. The summed E-state index contributed by atoms with van der Waals surface area (Å²) in [6.45, 7) is 0.238. The number of carbonyl (C=O) groups is 1. The molecule has 0 aliphatic carbocycles. The van der Waals surface area contributed by atoms with Crippen LogP contribution in [0, 0.1) is 17.5 Å². The third-order valence-electron chi connectivity index (χ3n) is 4.27. The summed E-state index contributed by atoms with van der Waals surface area (Å²) >= 11 is 5.73. The van der Waals surface area contributed by atoms with Crippen LogP contribution >= 0.6 is 11.6 Å². The minimum atomic E-state index is -1.24. The van der Waals surface area contributed by atoms with E-state index in [2.05, 4.69) is 25.8 Å². The van der Waals surface area contributed by atoms with Gasteiger partial charge < -0.3 is 30.8 Å². The van der Waals surface area contributed by atoms with E-state index >= 15 is 0 Å². The Morgan fingerprint density at radius 1 is 1.29 bits per heavy atom. The number of halogens is 4. The van der Waals surface area contributed by atoms with Crippen molar-refractivity contribution in [2.75, 3.05) is 30.8 Å². The van der Waals surface area contributed by atoms with E-state index in [9.17, 15) is 23.2 Å². The minimum absolute atomic E-state index is 0.00139. The van der Waals surface area contributed by atoms with Crippen molar-refractivity contribution in [1.29, 1.82) is 0 Å². The number of aromatic nitrogens is 2. The van der Waals surface area contributed by atoms with Gasteiger partial charge in [0, 0.05) is 31.4 Å². The molecule has 0 aliphatic heterocycles. The molecule has 1 aromatic heterocycles. The topological polar surface area (TPSA) is 126 Å². The number of likely N-dealkylation sites (N-methyl/N-ethyl adjacent to an activating group) is 1. The van der Waals surface area contributed by atoms with Crippen molar-refractivity contribution in [3.05, 3.63) is 52.3 Å². The Balaban J connectivity index is 1.93. The molecule has 0 aliphatic rings. The Morgan fingerprint density at radius 2 is 2.03 bits per heavy atom. The lowest BCUT2D eigenvalue weighted by Crippen LogP contribution is -2.29. The number of nitrogens with one attached hydrogen (secondary N) is 3. The molecule has 13 heteroatoms. The van der Waals surface area contributed by atoms with Crippen LogP contribution in [0.15, 0.2) is 29.4 Å². The Bertz CT molecular complexity index is 1170. The maximum Gasteiger partial charge on any atom is 0.407 e. The van der Waals surface area contributed by atoms with Gasteiger partial charge in [-0.1, -0.05) is 16.8 Å². The predicted molar refractivity (Wildman–Crippen MR) is 109 cm³/mol. The highest BCUT2D eigenvalue weighted by atomic mass is 35.5. The number of oxime groups is 1. The number of amidine groups is 1. The van der Waals surface area contributed by atoms with E-state index in [0.29, 0.717) is 0 Å². The fourth-order valence-corrected chi connectivity index (χ4v) is 2.85. The molecule has 2 aromatic carbocycles. The number of H-pyrrole nitrogens is 1. The summed E-state index contributed by atoms with van der Waals surface area (Å²) in [6.07, 6.45) is -1.13. The summed E-state index contributed by atoms with van der Waals surface area (Å²) in [6, 6.07) is 4.40. The van der Waals surface area contributed by atoms with Crippen LogP contribution in [0.1, 0.15) is 5.56 Å². The highest BCUT2D eigenvalue weighted by molar-refractivity contribution is 6.31. The fourth-order valence-electron chi connectivity index (χ4n) is 2.67. The Kier molecular flexibility index (Phi) is 6.39. The van der Waals surface area contributed by atoms with E-state index in [1.807, 2.05) is 0 Å². The van der Waals surface area contributed by atoms with E-state index in [0.717, 1.165) is 17.0 Å². The molecule has 1 amide bonds. The first kappa shape index (κ1) is 22.0. The zero-order chi connectivity index (χ0) is 22.7. The summed E-state index contributed by atoms with van der Waals surface area (Å²) < 4.78 is 41.8. The van der Waals surface area contributed by atoms with Crippen molar-refractivity contribution >= 4 is 46.2 Å². The average molecular weight is 457 g/mol. The third-order valence-corrected chi connectivity index (χ3v) is 4.56. The van der Waals surface area contributed by atoms with Crippen LogP contribution in [0.3, 0.4) is 0 Å². The van der Waals surface area contributed by atoms with Gasteiger partial charge in [-0.25, -0.2) is 22.9 Å². The monoisotopic (exact) mass is 456 g/mol. The second-order valence-corrected chi connectivity index (χ2v) is 6.77. The molecule has 0 radical (unpaired) electrons. The van der Waals surface area contributed by atoms with Crippen LogP contribution in [0.4, 0.5) is 29.6 Å².